The number of carbonyl (C=O) groups excluding carboxylic acids is 2. The standard InChI is InChI=1S/C27H32FN3O2S/c1-4-20(2)16-31(27(33)29-24-8-6-5-7-9-24)19-26(32)30(18-25-15-10-21(3)34-25)17-22-11-13-23(28)14-12-22/h5-15,20H,4,16-19H2,1-3H3,(H,29,33)/t20-/m1/s1. The molecule has 0 radical (unpaired) electrons. The summed E-state index contributed by atoms with van der Waals surface area (Å²) in [5.41, 5.74) is 1.52. The lowest BCUT2D eigenvalue weighted by atomic mass is 10.1. The number of aryl methyl sites for hydroxylation is 1. The molecule has 180 valence electrons. The maximum atomic E-state index is 13.5. The van der Waals surface area contributed by atoms with Crippen LogP contribution in [0.2, 0.25) is 0 Å². The molecule has 0 aliphatic rings. The molecule has 0 aliphatic carbocycles. The Morgan fingerprint density at radius 1 is 0.971 bits per heavy atom. The molecule has 3 amide bonds. The number of urea groups is 1. The molecule has 1 heterocycles. The van der Waals surface area contributed by atoms with Crippen molar-refractivity contribution in [3.05, 3.63) is 87.9 Å². The number of hydrogen-bond acceptors (Lipinski definition) is 3. The summed E-state index contributed by atoms with van der Waals surface area (Å²) in [6.45, 7) is 7.39. The lowest BCUT2D eigenvalue weighted by Crippen LogP contribution is -2.45. The molecular formula is C27H32FN3O2S. The fraction of sp³-hybridized carbons (Fsp3) is 0.333. The number of nitrogens with one attached hydrogen (secondary N) is 1. The fourth-order valence-electron chi connectivity index (χ4n) is 3.51. The van der Waals surface area contributed by atoms with Crippen LogP contribution in [-0.2, 0) is 17.9 Å². The highest BCUT2D eigenvalue weighted by Gasteiger charge is 2.23. The van der Waals surface area contributed by atoms with Crippen molar-refractivity contribution in [2.24, 2.45) is 5.92 Å². The quantitative estimate of drug-likeness (QED) is 0.369. The van der Waals surface area contributed by atoms with E-state index in [9.17, 15) is 14.0 Å². The van der Waals surface area contributed by atoms with Crippen LogP contribution in [0.25, 0.3) is 0 Å². The van der Waals surface area contributed by atoms with Gasteiger partial charge in [-0.05, 0) is 54.8 Å². The number of rotatable bonds is 10. The molecule has 0 bridgehead atoms. The summed E-state index contributed by atoms with van der Waals surface area (Å²) in [4.78, 5) is 32.1. The Morgan fingerprint density at radius 2 is 1.68 bits per heavy atom. The lowest BCUT2D eigenvalue weighted by Gasteiger charge is -2.29. The van der Waals surface area contributed by atoms with Crippen molar-refractivity contribution in [3.8, 4) is 0 Å². The highest BCUT2D eigenvalue weighted by Crippen LogP contribution is 2.20. The minimum Gasteiger partial charge on any atom is -0.332 e. The third-order valence-electron chi connectivity index (χ3n) is 5.65. The highest BCUT2D eigenvalue weighted by atomic mass is 32.1. The number of halogens is 1. The van der Waals surface area contributed by atoms with Gasteiger partial charge in [0.05, 0.1) is 6.54 Å². The minimum absolute atomic E-state index is 0.0332. The highest BCUT2D eigenvalue weighted by molar-refractivity contribution is 7.11. The van der Waals surface area contributed by atoms with Crippen LogP contribution in [-0.4, -0.2) is 34.8 Å². The molecule has 3 aromatic rings. The topological polar surface area (TPSA) is 52.7 Å². The van der Waals surface area contributed by atoms with E-state index in [1.54, 1.807) is 33.3 Å². The van der Waals surface area contributed by atoms with Crippen LogP contribution in [0.5, 0.6) is 0 Å². The zero-order valence-electron chi connectivity index (χ0n) is 20.0. The Morgan fingerprint density at radius 3 is 2.29 bits per heavy atom. The number of para-hydroxylation sites is 1. The third-order valence-corrected chi connectivity index (χ3v) is 6.63. The van der Waals surface area contributed by atoms with Crippen molar-refractivity contribution in [3.63, 3.8) is 0 Å². The molecule has 1 atom stereocenters. The molecule has 0 saturated heterocycles. The average molecular weight is 482 g/mol. The Bertz CT molecular complexity index is 1070. The maximum absolute atomic E-state index is 13.5. The van der Waals surface area contributed by atoms with Gasteiger partial charge < -0.3 is 15.1 Å². The first-order valence-electron chi connectivity index (χ1n) is 11.5. The smallest absolute Gasteiger partial charge is 0.322 e. The van der Waals surface area contributed by atoms with Gasteiger partial charge in [-0.15, -0.1) is 11.3 Å². The van der Waals surface area contributed by atoms with Crippen LogP contribution in [0, 0.1) is 18.7 Å². The van der Waals surface area contributed by atoms with Gasteiger partial charge >= 0.3 is 6.03 Å². The largest absolute Gasteiger partial charge is 0.332 e. The number of nitrogens with zero attached hydrogens (tertiary/aromatic N) is 2. The van der Waals surface area contributed by atoms with E-state index >= 15 is 0 Å². The fourth-order valence-corrected chi connectivity index (χ4v) is 4.42. The van der Waals surface area contributed by atoms with Gasteiger partial charge in [-0.3, -0.25) is 4.79 Å². The normalized spacial score (nSPS) is 11.6. The predicted octanol–water partition coefficient (Wildman–Crippen LogP) is 6.30. The zero-order chi connectivity index (χ0) is 24.5. The summed E-state index contributed by atoms with van der Waals surface area (Å²) in [6.07, 6.45) is 0.900. The van der Waals surface area contributed by atoms with Gasteiger partial charge in [0.25, 0.3) is 0 Å². The second-order valence-corrected chi connectivity index (χ2v) is 9.95. The van der Waals surface area contributed by atoms with Gasteiger partial charge in [0.2, 0.25) is 5.91 Å². The molecule has 3 rings (SSSR count). The van der Waals surface area contributed by atoms with E-state index < -0.39 is 0 Å². The first-order chi connectivity index (χ1) is 16.3. The second kappa shape index (κ2) is 12.3. The summed E-state index contributed by atoms with van der Waals surface area (Å²) in [7, 11) is 0. The first-order valence-corrected chi connectivity index (χ1v) is 12.3. The van der Waals surface area contributed by atoms with E-state index in [4.69, 9.17) is 0 Å². The lowest BCUT2D eigenvalue weighted by molar-refractivity contribution is -0.133. The maximum Gasteiger partial charge on any atom is 0.322 e. The number of anilines is 1. The molecule has 0 fully saturated rings. The summed E-state index contributed by atoms with van der Waals surface area (Å²) in [6, 6.07) is 19.2. The Labute approximate surface area is 205 Å². The van der Waals surface area contributed by atoms with Gasteiger partial charge in [-0.1, -0.05) is 50.6 Å². The van der Waals surface area contributed by atoms with Gasteiger partial charge in [0, 0.05) is 28.5 Å². The molecule has 0 spiro atoms. The SMILES string of the molecule is CC[C@@H](C)CN(CC(=O)N(Cc1ccc(F)cc1)Cc1ccc(C)s1)C(=O)Nc1ccccc1. The zero-order valence-corrected chi connectivity index (χ0v) is 20.8. The van der Waals surface area contributed by atoms with Gasteiger partial charge in [0.15, 0.2) is 0 Å². The van der Waals surface area contributed by atoms with Crippen molar-refractivity contribution in [1.29, 1.82) is 0 Å². The summed E-state index contributed by atoms with van der Waals surface area (Å²) in [5.74, 6) is -0.213. The number of benzene rings is 2. The molecule has 1 aromatic heterocycles. The van der Waals surface area contributed by atoms with Crippen LogP contribution in [0.1, 0.15) is 35.6 Å². The van der Waals surface area contributed by atoms with E-state index in [1.807, 2.05) is 49.4 Å². The van der Waals surface area contributed by atoms with Crippen LogP contribution >= 0.6 is 11.3 Å². The van der Waals surface area contributed by atoms with Crippen molar-refractivity contribution < 1.29 is 14.0 Å². The van der Waals surface area contributed by atoms with Crippen molar-refractivity contribution >= 4 is 29.0 Å². The number of thiophene rings is 1. The molecular weight excluding hydrogens is 449 g/mol. The third kappa shape index (κ3) is 7.70. The van der Waals surface area contributed by atoms with E-state index in [2.05, 4.69) is 19.2 Å². The van der Waals surface area contributed by atoms with Crippen molar-refractivity contribution in [1.82, 2.24) is 9.80 Å². The van der Waals surface area contributed by atoms with Gasteiger partial charge in [-0.25, -0.2) is 9.18 Å². The number of carbonyl (C=O) groups is 2. The molecule has 0 saturated carbocycles. The van der Waals surface area contributed by atoms with Crippen LogP contribution in [0.4, 0.5) is 14.9 Å². The molecule has 34 heavy (non-hydrogen) atoms. The van der Waals surface area contributed by atoms with Gasteiger partial charge in [-0.2, -0.15) is 0 Å². The van der Waals surface area contributed by atoms with E-state index in [-0.39, 0.29) is 30.2 Å². The second-order valence-electron chi connectivity index (χ2n) is 8.58. The average Bonchev–Trinajstić information content (AvgIpc) is 3.24. The number of amides is 3. The summed E-state index contributed by atoms with van der Waals surface area (Å²) >= 11 is 1.64. The van der Waals surface area contributed by atoms with Crippen LogP contribution in [0.15, 0.2) is 66.7 Å². The van der Waals surface area contributed by atoms with E-state index in [0.29, 0.717) is 25.3 Å². The van der Waals surface area contributed by atoms with Crippen LogP contribution in [0.3, 0.4) is 0 Å². The summed E-state index contributed by atoms with van der Waals surface area (Å²) < 4.78 is 13.4. The van der Waals surface area contributed by atoms with Crippen molar-refractivity contribution in [2.75, 3.05) is 18.4 Å². The minimum atomic E-state index is -0.312. The van der Waals surface area contributed by atoms with Gasteiger partial charge in [0.1, 0.15) is 12.4 Å². The van der Waals surface area contributed by atoms with Crippen molar-refractivity contribution in [2.45, 2.75) is 40.3 Å². The number of hydrogen-bond donors (Lipinski definition) is 1. The van der Waals surface area contributed by atoms with Crippen LogP contribution < -0.4 is 5.32 Å². The Hall–Kier alpha value is -3.19. The molecule has 7 heteroatoms. The van der Waals surface area contributed by atoms with E-state index in [1.165, 1.54) is 17.0 Å². The molecule has 0 unspecified atom stereocenters. The first kappa shape index (κ1) is 25.4. The Kier molecular flexibility index (Phi) is 9.22. The molecule has 1 N–H and O–H groups in total. The predicted molar refractivity (Wildman–Crippen MR) is 136 cm³/mol. The molecule has 5 nitrogen and oxygen atoms in total. The summed E-state index contributed by atoms with van der Waals surface area (Å²) in [5, 5.41) is 2.90. The monoisotopic (exact) mass is 481 g/mol. The molecule has 0 aliphatic heterocycles. The Balaban J connectivity index is 1.78. The van der Waals surface area contributed by atoms with E-state index in [0.717, 1.165) is 16.9 Å². The molecule has 2 aromatic carbocycles.